The number of halogens is 3. The summed E-state index contributed by atoms with van der Waals surface area (Å²) in [6.45, 7) is 5.99. The number of aliphatic hydroxyl groups excluding tert-OH is 1. The van der Waals surface area contributed by atoms with Crippen molar-refractivity contribution in [2.75, 3.05) is 19.6 Å². The van der Waals surface area contributed by atoms with Crippen molar-refractivity contribution in [1.82, 2.24) is 10.2 Å². The first-order valence-corrected chi connectivity index (χ1v) is 8.55. The first-order valence-electron chi connectivity index (χ1n) is 8.55. The molecule has 0 aliphatic carbocycles. The molecule has 0 radical (unpaired) electrons. The molecule has 1 saturated heterocycles. The van der Waals surface area contributed by atoms with Gasteiger partial charge < -0.3 is 15.3 Å². The van der Waals surface area contributed by atoms with E-state index < -0.39 is 17.8 Å². The van der Waals surface area contributed by atoms with Crippen molar-refractivity contribution < 1.29 is 23.1 Å². The fourth-order valence-corrected chi connectivity index (χ4v) is 3.03. The number of amides is 1. The summed E-state index contributed by atoms with van der Waals surface area (Å²) in [4.78, 5) is 14.5. The summed E-state index contributed by atoms with van der Waals surface area (Å²) in [6.07, 6.45) is -3.87. The van der Waals surface area contributed by atoms with Gasteiger partial charge in [0.1, 0.15) is 0 Å². The van der Waals surface area contributed by atoms with Gasteiger partial charge in [0, 0.05) is 18.5 Å². The lowest BCUT2D eigenvalue weighted by Crippen LogP contribution is -2.43. The second kappa shape index (κ2) is 8.19. The van der Waals surface area contributed by atoms with E-state index in [0.717, 1.165) is 38.1 Å². The molecule has 1 aromatic carbocycles. The molecule has 1 fully saturated rings. The van der Waals surface area contributed by atoms with E-state index in [1.165, 1.54) is 12.1 Å². The third-order valence-corrected chi connectivity index (χ3v) is 4.72. The number of aliphatic hydroxyl groups is 1. The molecule has 1 unspecified atom stereocenters. The molecule has 140 valence electrons. The Morgan fingerprint density at radius 2 is 1.80 bits per heavy atom. The van der Waals surface area contributed by atoms with E-state index in [1.807, 2.05) is 0 Å². The minimum absolute atomic E-state index is 0.00536. The molecule has 4 nitrogen and oxygen atoms in total. The van der Waals surface area contributed by atoms with Crippen molar-refractivity contribution in [3.05, 3.63) is 35.4 Å². The summed E-state index contributed by atoms with van der Waals surface area (Å²) in [5, 5.41) is 12.8. The minimum Gasteiger partial charge on any atom is -0.387 e. The van der Waals surface area contributed by atoms with E-state index in [9.17, 15) is 23.1 Å². The largest absolute Gasteiger partial charge is 0.416 e. The van der Waals surface area contributed by atoms with Crippen LogP contribution in [0, 0.1) is 5.92 Å². The van der Waals surface area contributed by atoms with Crippen LogP contribution in [0.2, 0.25) is 0 Å². The van der Waals surface area contributed by atoms with Crippen molar-refractivity contribution in [2.45, 2.75) is 45.0 Å². The first-order chi connectivity index (χ1) is 11.7. The van der Waals surface area contributed by atoms with E-state index >= 15 is 0 Å². The number of rotatable bonds is 5. The van der Waals surface area contributed by atoms with Crippen LogP contribution in [0.1, 0.15) is 43.9 Å². The molecule has 0 spiro atoms. The van der Waals surface area contributed by atoms with E-state index in [2.05, 4.69) is 24.1 Å². The molecule has 7 heteroatoms. The fraction of sp³-hybridized carbons (Fsp3) is 0.611. The lowest BCUT2D eigenvalue weighted by atomic mass is 9.95. The van der Waals surface area contributed by atoms with Crippen LogP contribution in [0.25, 0.3) is 0 Å². The molecule has 0 aromatic heterocycles. The maximum absolute atomic E-state index is 12.5. The highest BCUT2D eigenvalue weighted by Gasteiger charge is 2.30. The zero-order chi connectivity index (χ0) is 18.6. The van der Waals surface area contributed by atoms with Gasteiger partial charge in [-0.2, -0.15) is 13.2 Å². The smallest absolute Gasteiger partial charge is 0.387 e. The number of piperidine rings is 1. The van der Waals surface area contributed by atoms with Crippen LogP contribution in [-0.4, -0.2) is 41.6 Å². The monoisotopic (exact) mass is 358 g/mol. The van der Waals surface area contributed by atoms with E-state index in [0.29, 0.717) is 11.6 Å². The highest BCUT2D eigenvalue weighted by Crippen LogP contribution is 2.29. The van der Waals surface area contributed by atoms with Crippen LogP contribution in [0.3, 0.4) is 0 Å². The van der Waals surface area contributed by atoms with Crippen molar-refractivity contribution in [2.24, 2.45) is 5.92 Å². The SMILES string of the molecule is CC(C)N1CCC(C(=O)NCC(O)c2ccc(C(F)(F)F)cc2)CC1. The molecule has 1 amide bonds. The zero-order valence-electron chi connectivity index (χ0n) is 14.5. The van der Waals surface area contributed by atoms with Gasteiger partial charge in [-0.3, -0.25) is 4.79 Å². The summed E-state index contributed by atoms with van der Waals surface area (Å²) in [6, 6.07) is 4.80. The number of nitrogens with zero attached hydrogens (tertiary/aromatic N) is 1. The quantitative estimate of drug-likeness (QED) is 0.851. The standard InChI is InChI=1S/C18H25F3N2O2/c1-12(2)23-9-7-14(8-10-23)17(25)22-11-16(24)13-3-5-15(6-4-13)18(19,20)21/h3-6,12,14,16,24H,7-11H2,1-2H3,(H,22,25). The number of carbonyl (C=O) groups is 1. The Morgan fingerprint density at radius 1 is 1.24 bits per heavy atom. The van der Waals surface area contributed by atoms with E-state index in [4.69, 9.17) is 0 Å². The topological polar surface area (TPSA) is 52.6 Å². The van der Waals surface area contributed by atoms with Gasteiger partial charge in [0.2, 0.25) is 5.91 Å². The second-order valence-corrected chi connectivity index (χ2v) is 6.78. The van der Waals surface area contributed by atoms with Gasteiger partial charge in [-0.1, -0.05) is 12.1 Å². The lowest BCUT2D eigenvalue weighted by Gasteiger charge is -2.34. The van der Waals surface area contributed by atoms with Crippen LogP contribution in [0.15, 0.2) is 24.3 Å². The highest BCUT2D eigenvalue weighted by atomic mass is 19.4. The lowest BCUT2D eigenvalue weighted by molar-refractivity contribution is -0.137. The van der Waals surface area contributed by atoms with Crippen LogP contribution in [-0.2, 0) is 11.0 Å². The summed E-state index contributed by atoms with van der Waals surface area (Å²) in [5.74, 6) is -0.177. The molecule has 1 atom stereocenters. The Kier molecular flexibility index (Phi) is 6.46. The van der Waals surface area contributed by atoms with Crippen molar-refractivity contribution in [1.29, 1.82) is 0 Å². The Hall–Kier alpha value is -1.60. The number of hydrogen-bond acceptors (Lipinski definition) is 3. The maximum atomic E-state index is 12.5. The Bertz CT molecular complexity index is 565. The molecule has 1 heterocycles. The molecule has 25 heavy (non-hydrogen) atoms. The fourth-order valence-electron chi connectivity index (χ4n) is 3.03. The van der Waals surface area contributed by atoms with Gasteiger partial charge in [-0.15, -0.1) is 0 Å². The Labute approximate surface area is 146 Å². The van der Waals surface area contributed by atoms with E-state index in [-0.39, 0.29) is 18.4 Å². The van der Waals surface area contributed by atoms with Gasteiger partial charge in [0.05, 0.1) is 11.7 Å². The normalized spacial score (nSPS) is 18.4. The molecule has 0 saturated carbocycles. The van der Waals surface area contributed by atoms with Crippen LogP contribution in [0.5, 0.6) is 0 Å². The van der Waals surface area contributed by atoms with Crippen LogP contribution in [0.4, 0.5) is 13.2 Å². The number of hydrogen-bond donors (Lipinski definition) is 2. The van der Waals surface area contributed by atoms with Crippen LogP contribution < -0.4 is 5.32 Å². The summed E-state index contributed by atoms with van der Waals surface area (Å²) < 4.78 is 37.6. The minimum atomic E-state index is -4.40. The van der Waals surface area contributed by atoms with Gasteiger partial charge in [0.15, 0.2) is 0 Å². The predicted molar refractivity (Wildman–Crippen MR) is 88.8 cm³/mol. The van der Waals surface area contributed by atoms with Crippen molar-refractivity contribution in [3.63, 3.8) is 0 Å². The molecule has 2 rings (SSSR count). The van der Waals surface area contributed by atoms with Gasteiger partial charge in [-0.05, 0) is 57.5 Å². The van der Waals surface area contributed by atoms with Crippen molar-refractivity contribution in [3.8, 4) is 0 Å². The first kappa shape index (κ1) is 19.7. The molecule has 2 N–H and O–H groups in total. The number of likely N-dealkylation sites (tertiary alicyclic amines) is 1. The van der Waals surface area contributed by atoms with E-state index in [1.54, 1.807) is 0 Å². The molecular formula is C18H25F3N2O2. The zero-order valence-corrected chi connectivity index (χ0v) is 14.5. The molecule has 1 aromatic rings. The maximum Gasteiger partial charge on any atom is 0.416 e. The van der Waals surface area contributed by atoms with Gasteiger partial charge in [-0.25, -0.2) is 0 Å². The average Bonchev–Trinajstić information content (AvgIpc) is 2.58. The number of benzene rings is 1. The van der Waals surface area contributed by atoms with Crippen LogP contribution >= 0.6 is 0 Å². The Balaban J connectivity index is 1.81. The third-order valence-electron chi connectivity index (χ3n) is 4.72. The predicted octanol–water partition coefficient (Wildman–Crippen LogP) is 2.98. The Morgan fingerprint density at radius 3 is 2.28 bits per heavy atom. The summed E-state index contributed by atoms with van der Waals surface area (Å²) >= 11 is 0. The molecule has 0 bridgehead atoms. The summed E-state index contributed by atoms with van der Waals surface area (Å²) in [5.41, 5.74) is -0.410. The molecular weight excluding hydrogens is 333 g/mol. The van der Waals surface area contributed by atoms with Gasteiger partial charge in [0.25, 0.3) is 0 Å². The average molecular weight is 358 g/mol. The third kappa shape index (κ3) is 5.44. The number of nitrogens with one attached hydrogen (secondary N) is 1. The second-order valence-electron chi connectivity index (χ2n) is 6.78. The number of alkyl halides is 3. The molecule has 1 aliphatic rings. The number of carbonyl (C=O) groups excluding carboxylic acids is 1. The van der Waals surface area contributed by atoms with Gasteiger partial charge >= 0.3 is 6.18 Å². The molecule has 1 aliphatic heterocycles. The van der Waals surface area contributed by atoms with Crippen molar-refractivity contribution >= 4 is 5.91 Å². The summed E-state index contributed by atoms with van der Waals surface area (Å²) in [7, 11) is 0. The highest BCUT2D eigenvalue weighted by molar-refractivity contribution is 5.78.